The summed E-state index contributed by atoms with van der Waals surface area (Å²) in [4.78, 5) is 2.59. The topological polar surface area (TPSA) is 20.2 Å². The highest BCUT2D eigenvalue weighted by molar-refractivity contribution is 5.10. The maximum atomic E-state index is 3.72. The van der Waals surface area contributed by atoms with Crippen molar-refractivity contribution in [1.29, 1.82) is 0 Å². The molecule has 1 saturated heterocycles. The molecule has 1 fully saturated rings. The number of hydrogen-bond acceptors (Lipinski definition) is 2. The van der Waals surface area contributed by atoms with Crippen LogP contribution in [0.15, 0.2) is 18.5 Å². The second-order valence-corrected chi connectivity index (χ2v) is 5.75. The molecule has 1 aliphatic rings. The van der Waals surface area contributed by atoms with Gasteiger partial charge >= 0.3 is 0 Å². The van der Waals surface area contributed by atoms with E-state index in [0.717, 1.165) is 13.1 Å². The van der Waals surface area contributed by atoms with Gasteiger partial charge in [0.15, 0.2) is 0 Å². The minimum absolute atomic E-state index is 0.711. The van der Waals surface area contributed by atoms with Gasteiger partial charge in [0.25, 0.3) is 0 Å². The van der Waals surface area contributed by atoms with E-state index in [0.29, 0.717) is 6.04 Å². The van der Waals surface area contributed by atoms with Gasteiger partial charge in [-0.25, -0.2) is 0 Å². The molecule has 19 heavy (non-hydrogen) atoms. The number of hydrogen-bond donors (Lipinski definition) is 1. The lowest BCUT2D eigenvalue weighted by Crippen LogP contribution is -2.42. The molecule has 0 spiro atoms. The molecular formula is C16H29N3. The van der Waals surface area contributed by atoms with E-state index in [1.54, 1.807) is 0 Å². The average Bonchev–Trinajstić information content (AvgIpc) is 2.87. The number of rotatable bonds is 7. The monoisotopic (exact) mass is 263 g/mol. The third-order valence-corrected chi connectivity index (χ3v) is 4.02. The van der Waals surface area contributed by atoms with Gasteiger partial charge in [-0.2, -0.15) is 0 Å². The molecule has 0 saturated carbocycles. The van der Waals surface area contributed by atoms with E-state index < -0.39 is 0 Å². The number of piperidine rings is 1. The molecule has 3 heteroatoms. The van der Waals surface area contributed by atoms with Crippen molar-refractivity contribution in [2.45, 2.75) is 58.7 Å². The molecular weight excluding hydrogens is 234 g/mol. The van der Waals surface area contributed by atoms with E-state index in [1.807, 2.05) is 0 Å². The number of likely N-dealkylation sites (tertiary alicyclic amines) is 1. The van der Waals surface area contributed by atoms with E-state index in [-0.39, 0.29) is 0 Å². The lowest BCUT2D eigenvalue weighted by atomic mass is 10.0. The zero-order chi connectivity index (χ0) is 13.5. The summed E-state index contributed by atoms with van der Waals surface area (Å²) in [5.41, 5.74) is 1.42. The minimum atomic E-state index is 0.711. The third-order valence-electron chi connectivity index (χ3n) is 4.02. The zero-order valence-electron chi connectivity index (χ0n) is 12.6. The molecule has 3 nitrogen and oxygen atoms in total. The molecule has 108 valence electrons. The van der Waals surface area contributed by atoms with Gasteiger partial charge in [-0.3, -0.25) is 0 Å². The molecule has 1 aromatic heterocycles. The van der Waals surface area contributed by atoms with Gasteiger partial charge in [0, 0.05) is 31.5 Å². The molecule has 2 heterocycles. The molecule has 2 rings (SSSR count). The van der Waals surface area contributed by atoms with E-state index >= 15 is 0 Å². The molecule has 1 aliphatic heterocycles. The van der Waals surface area contributed by atoms with Crippen molar-refractivity contribution in [3.05, 3.63) is 24.0 Å². The van der Waals surface area contributed by atoms with Crippen LogP contribution in [0.4, 0.5) is 0 Å². The standard InChI is InChI=1S/C16H29N3/c1-3-8-18-11-6-16(7-12-18)17-13-15-5-10-19(14-15)9-4-2/h5,10,14,16-17H,3-4,6-9,11-13H2,1-2H3. The van der Waals surface area contributed by atoms with Crippen molar-refractivity contribution in [3.8, 4) is 0 Å². The van der Waals surface area contributed by atoms with Crippen LogP contribution in [0, 0.1) is 0 Å². The van der Waals surface area contributed by atoms with Crippen molar-refractivity contribution in [2.75, 3.05) is 19.6 Å². The van der Waals surface area contributed by atoms with Crippen molar-refractivity contribution in [3.63, 3.8) is 0 Å². The number of aryl methyl sites for hydroxylation is 1. The first-order valence-electron chi connectivity index (χ1n) is 7.92. The fourth-order valence-corrected chi connectivity index (χ4v) is 2.93. The predicted octanol–water partition coefficient (Wildman–Crippen LogP) is 2.86. The van der Waals surface area contributed by atoms with Crippen LogP contribution in [0.25, 0.3) is 0 Å². The first-order valence-corrected chi connectivity index (χ1v) is 7.92. The molecule has 1 aromatic rings. The molecule has 0 aliphatic carbocycles. The number of nitrogens with one attached hydrogen (secondary N) is 1. The highest BCUT2D eigenvalue weighted by Crippen LogP contribution is 2.11. The van der Waals surface area contributed by atoms with Crippen LogP contribution in [0.2, 0.25) is 0 Å². The molecule has 0 amide bonds. The Morgan fingerprint density at radius 3 is 2.58 bits per heavy atom. The summed E-state index contributed by atoms with van der Waals surface area (Å²) in [7, 11) is 0. The SMILES string of the molecule is CCCN1CCC(NCc2ccn(CCC)c2)CC1. The highest BCUT2D eigenvalue weighted by Gasteiger charge is 2.17. The van der Waals surface area contributed by atoms with Gasteiger partial charge in [0.1, 0.15) is 0 Å². The Bertz CT molecular complexity index is 351. The largest absolute Gasteiger partial charge is 0.354 e. The number of nitrogens with zero attached hydrogens (tertiary/aromatic N) is 2. The Kier molecular flexibility index (Phi) is 5.93. The predicted molar refractivity (Wildman–Crippen MR) is 81.3 cm³/mol. The van der Waals surface area contributed by atoms with E-state index in [4.69, 9.17) is 0 Å². The lowest BCUT2D eigenvalue weighted by molar-refractivity contribution is 0.197. The Labute approximate surface area is 118 Å². The van der Waals surface area contributed by atoms with Gasteiger partial charge in [-0.05, 0) is 56.9 Å². The van der Waals surface area contributed by atoms with Crippen molar-refractivity contribution >= 4 is 0 Å². The van der Waals surface area contributed by atoms with Gasteiger partial charge in [-0.1, -0.05) is 13.8 Å². The van der Waals surface area contributed by atoms with Crippen LogP contribution < -0.4 is 5.32 Å². The van der Waals surface area contributed by atoms with E-state index in [2.05, 4.69) is 47.1 Å². The Morgan fingerprint density at radius 1 is 1.16 bits per heavy atom. The maximum absolute atomic E-state index is 3.72. The summed E-state index contributed by atoms with van der Waals surface area (Å²) in [6, 6.07) is 2.96. The van der Waals surface area contributed by atoms with Gasteiger partial charge in [0.2, 0.25) is 0 Å². The van der Waals surface area contributed by atoms with Crippen molar-refractivity contribution in [1.82, 2.24) is 14.8 Å². The fraction of sp³-hybridized carbons (Fsp3) is 0.750. The fourth-order valence-electron chi connectivity index (χ4n) is 2.93. The Hall–Kier alpha value is -0.800. The summed E-state index contributed by atoms with van der Waals surface area (Å²) >= 11 is 0. The molecule has 1 N–H and O–H groups in total. The number of aromatic nitrogens is 1. The Balaban J connectivity index is 1.68. The summed E-state index contributed by atoms with van der Waals surface area (Å²) in [5, 5.41) is 3.72. The summed E-state index contributed by atoms with van der Waals surface area (Å²) in [6.45, 7) is 10.5. The van der Waals surface area contributed by atoms with Gasteiger partial charge < -0.3 is 14.8 Å². The average molecular weight is 263 g/mol. The smallest absolute Gasteiger partial charge is 0.0223 e. The quantitative estimate of drug-likeness (QED) is 0.816. The second-order valence-electron chi connectivity index (χ2n) is 5.75. The zero-order valence-corrected chi connectivity index (χ0v) is 12.6. The van der Waals surface area contributed by atoms with Crippen LogP contribution in [0.3, 0.4) is 0 Å². The third kappa shape index (κ3) is 4.66. The van der Waals surface area contributed by atoms with E-state index in [9.17, 15) is 0 Å². The van der Waals surface area contributed by atoms with Crippen LogP contribution in [0.1, 0.15) is 45.1 Å². The molecule has 0 radical (unpaired) electrons. The second kappa shape index (κ2) is 7.71. The molecule has 0 unspecified atom stereocenters. The van der Waals surface area contributed by atoms with Crippen LogP contribution in [-0.4, -0.2) is 35.1 Å². The molecule has 0 atom stereocenters. The summed E-state index contributed by atoms with van der Waals surface area (Å²) in [6.07, 6.45) is 9.57. The first-order chi connectivity index (χ1) is 9.31. The molecule has 0 aromatic carbocycles. The highest BCUT2D eigenvalue weighted by atomic mass is 15.1. The maximum Gasteiger partial charge on any atom is 0.0223 e. The van der Waals surface area contributed by atoms with Crippen LogP contribution >= 0.6 is 0 Å². The molecule has 0 bridgehead atoms. The van der Waals surface area contributed by atoms with Crippen molar-refractivity contribution < 1.29 is 0 Å². The minimum Gasteiger partial charge on any atom is -0.354 e. The lowest BCUT2D eigenvalue weighted by Gasteiger charge is -2.32. The van der Waals surface area contributed by atoms with Crippen LogP contribution in [0.5, 0.6) is 0 Å². The Morgan fingerprint density at radius 2 is 1.89 bits per heavy atom. The van der Waals surface area contributed by atoms with Crippen LogP contribution in [-0.2, 0) is 13.1 Å². The van der Waals surface area contributed by atoms with E-state index in [1.165, 1.54) is 50.9 Å². The summed E-state index contributed by atoms with van der Waals surface area (Å²) in [5.74, 6) is 0. The van der Waals surface area contributed by atoms with Gasteiger partial charge in [-0.15, -0.1) is 0 Å². The van der Waals surface area contributed by atoms with Crippen molar-refractivity contribution in [2.24, 2.45) is 0 Å². The normalized spacial score (nSPS) is 18.0. The van der Waals surface area contributed by atoms with Gasteiger partial charge in [0.05, 0.1) is 0 Å². The first kappa shape index (κ1) is 14.6. The summed E-state index contributed by atoms with van der Waals surface area (Å²) < 4.78 is 2.29.